The number of aromatic nitrogens is 2. The molecule has 158 valence electrons. The lowest BCUT2D eigenvalue weighted by Gasteiger charge is -2.25. The lowest BCUT2D eigenvalue weighted by atomic mass is 10.1. The number of nitrogens with zero attached hydrogens (tertiary/aromatic N) is 3. The molecule has 30 heavy (non-hydrogen) atoms. The zero-order valence-electron chi connectivity index (χ0n) is 16.9. The first-order chi connectivity index (χ1) is 14.7. The van der Waals surface area contributed by atoms with Gasteiger partial charge < -0.3 is 19.9 Å². The van der Waals surface area contributed by atoms with Crippen molar-refractivity contribution < 1.29 is 9.53 Å². The van der Waals surface area contributed by atoms with Crippen molar-refractivity contribution in [3.8, 4) is 11.1 Å². The second kappa shape index (κ2) is 9.69. The molecule has 0 spiro atoms. The van der Waals surface area contributed by atoms with Crippen LogP contribution in [0.1, 0.15) is 6.42 Å². The summed E-state index contributed by atoms with van der Waals surface area (Å²) < 4.78 is 5.33. The molecule has 0 bridgehead atoms. The number of carbonyl (C=O) groups excluding carboxylic acids is 1. The summed E-state index contributed by atoms with van der Waals surface area (Å²) in [7, 11) is 0. The number of morpholine rings is 1. The van der Waals surface area contributed by atoms with Gasteiger partial charge in [0.05, 0.1) is 13.2 Å². The minimum atomic E-state index is -0.164. The molecule has 4 heterocycles. The molecule has 0 radical (unpaired) electrons. The monoisotopic (exact) mass is 409 g/mol. The van der Waals surface area contributed by atoms with E-state index in [1.165, 1.54) is 0 Å². The molecule has 8 nitrogen and oxygen atoms in total. The molecule has 2 fully saturated rings. The van der Waals surface area contributed by atoms with E-state index in [-0.39, 0.29) is 17.5 Å². The number of H-pyrrole nitrogens is 1. The minimum Gasteiger partial charge on any atom is -0.379 e. The van der Waals surface area contributed by atoms with Crippen molar-refractivity contribution in [3.05, 3.63) is 59.3 Å². The van der Waals surface area contributed by atoms with Gasteiger partial charge in [-0.3, -0.25) is 19.5 Å². The van der Waals surface area contributed by atoms with Crippen LogP contribution >= 0.6 is 0 Å². The summed E-state index contributed by atoms with van der Waals surface area (Å²) in [6.45, 7) is 5.34. The largest absolute Gasteiger partial charge is 0.379 e. The van der Waals surface area contributed by atoms with E-state index < -0.39 is 0 Å². The first kappa shape index (κ1) is 20.3. The molecular formula is C22H27N5O3. The topological polar surface area (TPSA) is 90.6 Å². The first-order valence-corrected chi connectivity index (χ1v) is 10.3. The maximum atomic E-state index is 12.5. The minimum absolute atomic E-state index is 0.0204. The highest BCUT2D eigenvalue weighted by Crippen LogP contribution is 2.20. The van der Waals surface area contributed by atoms with E-state index in [9.17, 15) is 9.59 Å². The summed E-state index contributed by atoms with van der Waals surface area (Å²) in [5.41, 5.74) is 2.25. The van der Waals surface area contributed by atoms with E-state index in [1.807, 2.05) is 29.2 Å². The van der Waals surface area contributed by atoms with E-state index in [4.69, 9.17) is 4.74 Å². The molecule has 0 aromatic carbocycles. The Balaban J connectivity index is 1.32. The fourth-order valence-electron chi connectivity index (χ4n) is 3.79. The van der Waals surface area contributed by atoms with Crippen LogP contribution in [0.3, 0.4) is 0 Å². The maximum Gasteiger partial charge on any atom is 0.271 e. The molecule has 2 N–H and O–H groups in total. The second-order valence-electron chi connectivity index (χ2n) is 7.60. The lowest BCUT2D eigenvalue weighted by molar-refractivity contribution is -0.125. The van der Waals surface area contributed by atoms with Crippen LogP contribution in [0.15, 0.2) is 53.7 Å². The van der Waals surface area contributed by atoms with E-state index >= 15 is 0 Å². The van der Waals surface area contributed by atoms with Gasteiger partial charge >= 0.3 is 0 Å². The van der Waals surface area contributed by atoms with E-state index in [2.05, 4.69) is 20.2 Å². The Morgan fingerprint density at radius 1 is 1.23 bits per heavy atom. The van der Waals surface area contributed by atoms with Crippen LogP contribution in [0, 0.1) is 0 Å². The number of amides is 1. The van der Waals surface area contributed by atoms with E-state index in [1.54, 1.807) is 24.7 Å². The second-order valence-corrected chi connectivity index (χ2v) is 7.60. The highest BCUT2D eigenvalue weighted by atomic mass is 16.5. The summed E-state index contributed by atoms with van der Waals surface area (Å²) in [5.74, 6) is 0.0204. The van der Waals surface area contributed by atoms with Crippen LogP contribution in [0.25, 0.3) is 11.1 Å². The Labute approximate surface area is 175 Å². The van der Waals surface area contributed by atoms with Gasteiger partial charge in [0.15, 0.2) is 0 Å². The summed E-state index contributed by atoms with van der Waals surface area (Å²) in [6, 6.07) is 5.70. The molecule has 2 aliphatic heterocycles. The average molecular weight is 409 g/mol. The number of likely N-dealkylation sites (tertiary alicyclic amines) is 1. The van der Waals surface area contributed by atoms with E-state index in [0.717, 1.165) is 50.4 Å². The molecule has 8 heteroatoms. The van der Waals surface area contributed by atoms with Crippen LogP contribution < -0.4 is 10.9 Å². The first-order valence-electron chi connectivity index (χ1n) is 10.3. The summed E-state index contributed by atoms with van der Waals surface area (Å²) in [4.78, 5) is 35.7. The Kier molecular flexibility index (Phi) is 6.56. The van der Waals surface area contributed by atoms with Crippen molar-refractivity contribution >= 4 is 11.6 Å². The standard InChI is InChI=1S/C22H27N5O3/c28-21(2-1-8-26-10-12-30-13-11-26)27-9-5-19(16-27)25-20-14-18(15-24-22(20)29)17-3-6-23-7-4-17/h1-4,6-7,14-15,19,25H,5,8-13,16H2,(H,24,29)/t19-/m1/s1. The Hall–Kier alpha value is -2.97. The van der Waals surface area contributed by atoms with Crippen LogP contribution in [-0.4, -0.2) is 77.7 Å². The Bertz CT molecular complexity index is 937. The number of pyridine rings is 2. The molecule has 4 rings (SSSR count). The highest BCUT2D eigenvalue weighted by Gasteiger charge is 2.25. The quantitative estimate of drug-likeness (QED) is 0.700. The molecule has 0 aliphatic carbocycles. The number of aromatic amines is 1. The summed E-state index contributed by atoms with van der Waals surface area (Å²) in [5, 5.41) is 3.31. The predicted octanol–water partition coefficient (Wildman–Crippen LogP) is 1.34. The van der Waals surface area contributed by atoms with Crippen molar-refractivity contribution in [3.63, 3.8) is 0 Å². The maximum absolute atomic E-state index is 12.5. The number of rotatable bonds is 6. The van der Waals surface area contributed by atoms with Gasteiger partial charge in [-0.05, 0) is 30.2 Å². The lowest BCUT2D eigenvalue weighted by Crippen LogP contribution is -2.36. The van der Waals surface area contributed by atoms with Gasteiger partial charge in [0, 0.05) is 69.0 Å². The number of ether oxygens (including phenoxy) is 1. The van der Waals surface area contributed by atoms with Gasteiger partial charge in [0.1, 0.15) is 5.69 Å². The normalized spacial score (nSPS) is 20.0. The Morgan fingerprint density at radius 2 is 2.03 bits per heavy atom. The molecule has 2 aliphatic rings. The highest BCUT2D eigenvalue weighted by molar-refractivity contribution is 5.87. The van der Waals surface area contributed by atoms with Crippen LogP contribution in [0.2, 0.25) is 0 Å². The molecular weight excluding hydrogens is 382 g/mol. The fraction of sp³-hybridized carbons (Fsp3) is 0.409. The van der Waals surface area contributed by atoms with Crippen molar-refractivity contribution in [2.75, 3.05) is 51.3 Å². The number of hydrogen-bond donors (Lipinski definition) is 2. The van der Waals surface area contributed by atoms with Crippen LogP contribution in [-0.2, 0) is 9.53 Å². The third-order valence-electron chi connectivity index (χ3n) is 5.50. The van der Waals surface area contributed by atoms with Gasteiger partial charge in [-0.2, -0.15) is 0 Å². The zero-order chi connectivity index (χ0) is 20.8. The zero-order valence-corrected chi connectivity index (χ0v) is 16.9. The van der Waals surface area contributed by atoms with Crippen molar-refractivity contribution in [1.29, 1.82) is 0 Å². The number of anilines is 1. The number of hydrogen-bond acceptors (Lipinski definition) is 6. The molecule has 2 aromatic rings. The van der Waals surface area contributed by atoms with Crippen molar-refractivity contribution in [2.45, 2.75) is 12.5 Å². The molecule has 0 unspecified atom stereocenters. The van der Waals surface area contributed by atoms with E-state index in [0.29, 0.717) is 18.8 Å². The molecule has 0 saturated carbocycles. The predicted molar refractivity (Wildman–Crippen MR) is 115 cm³/mol. The van der Waals surface area contributed by atoms with Gasteiger partial charge in [0.25, 0.3) is 5.56 Å². The average Bonchev–Trinajstić information content (AvgIpc) is 3.25. The SMILES string of the molecule is O=C(C=CCN1CCOCC1)N1CC[C@@H](Nc2cc(-c3ccncc3)c[nH]c2=O)C1. The number of nitrogens with one attached hydrogen (secondary N) is 2. The fourth-order valence-corrected chi connectivity index (χ4v) is 3.79. The smallest absolute Gasteiger partial charge is 0.271 e. The Morgan fingerprint density at radius 3 is 2.83 bits per heavy atom. The summed E-state index contributed by atoms with van der Waals surface area (Å²) >= 11 is 0. The molecule has 2 aromatic heterocycles. The van der Waals surface area contributed by atoms with Crippen molar-refractivity contribution in [2.24, 2.45) is 0 Å². The summed E-state index contributed by atoms with van der Waals surface area (Å²) in [6.07, 6.45) is 9.54. The van der Waals surface area contributed by atoms with Crippen LogP contribution in [0.5, 0.6) is 0 Å². The van der Waals surface area contributed by atoms with Crippen LogP contribution in [0.4, 0.5) is 5.69 Å². The molecule has 2 saturated heterocycles. The number of carbonyl (C=O) groups is 1. The molecule has 1 amide bonds. The van der Waals surface area contributed by atoms with Crippen molar-refractivity contribution in [1.82, 2.24) is 19.8 Å². The van der Waals surface area contributed by atoms with Gasteiger partial charge in [0.2, 0.25) is 5.91 Å². The third kappa shape index (κ3) is 5.14. The van der Waals surface area contributed by atoms with Gasteiger partial charge in [-0.15, -0.1) is 0 Å². The molecule has 1 atom stereocenters. The third-order valence-corrected chi connectivity index (χ3v) is 5.50. The van der Waals surface area contributed by atoms with Gasteiger partial charge in [-0.1, -0.05) is 6.08 Å². The van der Waals surface area contributed by atoms with Gasteiger partial charge in [-0.25, -0.2) is 0 Å².